The minimum Gasteiger partial charge on any atom is -0.493 e. The molecule has 3 N–H and O–H groups in total. The molecule has 3 rings (SSSR count). The fraction of sp³-hybridized carbons (Fsp3) is 0.185. The van der Waals surface area contributed by atoms with Crippen LogP contribution in [0.1, 0.15) is 23.6 Å². The van der Waals surface area contributed by atoms with Gasteiger partial charge in [0.2, 0.25) is 0 Å². The highest BCUT2D eigenvalue weighted by Crippen LogP contribution is 2.36. The number of hydrogen-bond donors (Lipinski definition) is 3. The Hall–Kier alpha value is -3.89. The first-order chi connectivity index (χ1) is 18.2. The van der Waals surface area contributed by atoms with E-state index in [9.17, 15) is 14.4 Å². The Kier molecular flexibility index (Phi) is 10.3. The summed E-state index contributed by atoms with van der Waals surface area (Å²) in [6.07, 6.45) is 2.05. The molecule has 0 saturated carbocycles. The van der Waals surface area contributed by atoms with Crippen molar-refractivity contribution >= 4 is 62.8 Å². The van der Waals surface area contributed by atoms with Crippen LogP contribution in [0.5, 0.6) is 11.5 Å². The molecule has 0 aliphatic heterocycles. The molecule has 0 unspecified atom stereocenters. The lowest BCUT2D eigenvalue weighted by Crippen LogP contribution is -2.32. The molecule has 0 atom stereocenters. The van der Waals surface area contributed by atoms with Crippen LogP contribution in [0.2, 0.25) is 5.02 Å². The van der Waals surface area contributed by atoms with Crippen LogP contribution in [0.4, 0.5) is 11.4 Å². The van der Waals surface area contributed by atoms with Crippen LogP contribution in [0.25, 0.3) is 0 Å². The van der Waals surface area contributed by atoms with Gasteiger partial charge in [-0.05, 0) is 76.3 Å². The first kappa shape index (κ1) is 28.7. The summed E-state index contributed by atoms with van der Waals surface area (Å²) in [7, 11) is 1.45. The summed E-state index contributed by atoms with van der Waals surface area (Å²) in [6.45, 7) is 3.54. The Morgan fingerprint density at radius 2 is 1.82 bits per heavy atom. The number of aryl methyl sites for hydroxylation is 2. The van der Waals surface area contributed by atoms with Gasteiger partial charge in [-0.2, -0.15) is 5.10 Å². The summed E-state index contributed by atoms with van der Waals surface area (Å²) in [5.74, 6) is -1.50. The standard InChI is InChI=1S/C27H26BrClN4O5/c1-4-18-7-5-6-8-22(18)32-26(35)27(36)33-30-14-17-11-20(28)25(23(12-17)37-3)38-15-24(34)31-19-10-9-16(2)21(29)13-19/h5-14H,4,15H2,1-3H3,(H,31,34)(H,32,35)(H,33,36)/b30-14-. The molecule has 9 nitrogen and oxygen atoms in total. The van der Waals surface area contributed by atoms with E-state index in [2.05, 4.69) is 37.1 Å². The molecule has 0 heterocycles. The molecule has 198 valence electrons. The lowest BCUT2D eigenvalue weighted by Gasteiger charge is -2.13. The van der Waals surface area contributed by atoms with E-state index in [1.807, 2.05) is 26.0 Å². The highest BCUT2D eigenvalue weighted by Gasteiger charge is 2.16. The highest BCUT2D eigenvalue weighted by molar-refractivity contribution is 9.10. The molecule has 0 saturated heterocycles. The van der Waals surface area contributed by atoms with E-state index >= 15 is 0 Å². The Morgan fingerprint density at radius 1 is 1.05 bits per heavy atom. The number of halogens is 2. The van der Waals surface area contributed by atoms with E-state index in [4.69, 9.17) is 21.1 Å². The van der Waals surface area contributed by atoms with E-state index in [0.29, 0.717) is 44.4 Å². The van der Waals surface area contributed by atoms with Crippen molar-refractivity contribution in [2.24, 2.45) is 5.10 Å². The summed E-state index contributed by atoms with van der Waals surface area (Å²) >= 11 is 9.50. The number of para-hydroxylation sites is 1. The van der Waals surface area contributed by atoms with Crippen molar-refractivity contribution in [3.8, 4) is 11.5 Å². The highest BCUT2D eigenvalue weighted by atomic mass is 79.9. The summed E-state index contributed by atoms with van der Waals surface area (Å²) < 4.78 is 11.5. The van der Waals surface area contributed by atoms with Gasteiger partial charge in [-0.3, -0.25) is 14.4 Å². The quantitative estimate of drug-likeness (QED) is 0.179. The fourth-order valence-electron chi connectivity index (χ4n) is 3.31. The van der Waals surface area contributed by atoms with Crippen molar-refractivity contribution in [1.29, 1.82) is 0 Å². The number of rotatable bonds is 9. The number of ether oxygens (including phenoxy) is 2. The topological polar surface area (TPSA) is 118 Å². The first-order valence-corrected chi connectivity index (χ1v) is 12.7. The number of nitrogens with zero attached hydrogens (tertiary/aromatic N) is 1. The summed E-state index contributed by atoms with van der Waals surface area (Å²) in [5, 5.41) is 9.69. The maximum absolute atomic E-state index is 12.3. The molecular weight excluding hydrogens is 576 g/mol. The van der Waals surface area contributed by atoms with Crippen LogP contribution in [0.3, 0.4) is 0 Å². The second kappa shape index (κ2) is 13.6. The Bertz CT molecular complexity index is 1380. The number of benzene rings is 3. The smallest absolute Gasteiger partial charge is 0.329 e. The molecule has 3 aromatic carbocycles. The van der Waals surface area contributed by atoms with E-state index in [1.165, 1.54) is 13.3 Å². The second-order valence-electron chi connectivity index (χ2n) is 8.00. The third-order valence-electron chi connectivity index (χ3n) is 5.29. The molecule has 0 aliphatic rings. The minimum atomic E-state index is -0.918. The van der Waals surface area contributed by atoms with Crippen LogP contribution < -0.4 is 25.5 Å². The number of methoxy groups -OCH3 is 1. The van der Waals surface area contributed by atoms with Crippen molar-refractivity contribution < 1.29 is 23.9 Å². The van der Waals surface area contributed by atoms with Crippen molar-refractivity contribution in [2.75, 3.05) is 24.4 Å². The van der Waals surface area contributed by atoms with Crippen LogP contribution in [0.15, 0.2) is 64.2 Å². The van der Waals surface area contributed by atoms with Gasteiger partial charge >= 0.3 is 11.8 Å². The van der Waals surface area contributed by atoms with Crippen LogP contribution in [-0.2, 0) is 20.8 Å². The maximum atomic E-state index is 12.3. The number of anilines is 2. The summed E-state index contributed by atoms with van der Waals surface area (Å²) in [4.78, 5) is 36.7. The molecule has 0 aliphatic carbocycles. The number of hydrogen-bond acceptors (Lipinski definition) is 6. The minimum absolute atomic E-state index is 0.278. The van der Waals surface area contributed by atoms with Crippen LogP contribution in [-0.4, -0.2) is 37.7 Å². The van der Waals surface area contributed by atoms with Crippen molar-refractivity contribution in [2.45, 2.75) is 20.3 Å². The Balaban J connectivity index is 1.59. The van der Waals surface area contributed by atoms with Gasteiger partial charge in [-0.15, -0.1) is 0 Å². The van der Waals surface area contributed by atoms with Crippen LogP contribution >= 0.6 is 27.5 Å². The molecule has 0 fully saturated rings. The number of carbonyl (C=O) groups is 3. The fourth-order valence-corrected chi connectivity index (χ4v) is 4.06. The van der Waals surface area contributed by atoms with Gasteiger partial charge in [0.25, 0.3) is 5.91 Å². The molecule has 38 heavy (non-hydrogen) atoms. The van der Waals surface area contributed by atoms with Gasteiger partial charge in [0.05, 0.1) is 17.8 Å². The zero-order chi connectivity index (χ0) is 27.7. The van der Waals surface area contributed by atoms with E-state index in [1.54, 1.807) is 42.5 Å². The largest absolute Gasteiger partial charge is 0.493 e. The zero-order valence-electron chi connectivity index (χ0n) is 20.9. The van der Waals surface area contributed by atoms with Crippen molar-refractivity contribution in [1.82, 2.24) is 5.43 Å². The number of nitrogens with one attached hydrogen (secondary N) is 3. The molecule has 0 aromatic heterocycles. The van der Waals surface area contributed by atoms with Gasteiger partial charge in [0.15, 0.2) is 18.1 Å². The molecule has 11 heteroatoms. The lowest BCUT2D eigenvalue weighted by molar-refractivity contribution is -0.136. The normalized spacial score (nSPS) is 10.7. The molecule has 0 radical (unpaired) electrons. The van der Waals surface area contributed by atoms with Gasteiger partial charge < -0.3 is 20.1 Å². The Labute approximate surface area is 233 Å². The third kappa shape index (κ3) is 7.80. The number of carbonyl (C=O) groups excluding carboxylic acids is 3. The van der Waals surface area contributed by atoms with Crippen LogP contribution in [0, 0.1) is 6.92 Å². The SMILES string of the molecule is CCc1ccccc1NC(=O)C(=O)N/N=C\c1cc(Br)c(OCC(=O)Nc2ccc(C)c(Cl)c2)c(OC)c1. The number of amides is 3. The molecular formula is C27H26BrClN4O5. The van der Waals surface area contributed by atoms with E-state index in [-0.39, 0.29) is 12.5 Å². The first-order valence-electron chi connectivity index (χ1n) is 11.5. The van der Waals surface area contributed by atoms with E-state index < -0.39 is 11.8 Å². The maximum Gasteiger partial charge on any atom is 0.329 e. The molecule has 0 bridgehead atoms. The monoisotopic (exact) mass is 600 g/mol. The Morgan fingerprint density at radius 3 is 2.53 bits per heavy atom. The average Bonchev–Trinajstić information content (AvgIpc) is 2.90. The molecule has 3 aromatic rings. The average molecular weight is 602 g/mol. The lowest BCUT2D eigenvalue weighted by atomic mass is 10.1. The summed E-state index contributed by atoms with van der Waals surface area (Å²) in [6, 6.07) is 15.7. The van der Waals surface area contributed by atoms with Crippen molar-refractivity contribution in [3.05, 3.63) is 80.8 Å². The van der Waals surface area contributed by atoms with Gasteiger partial charge in [-0.25, -0.2) is 5.43 Å². The van der Waals surface area contributed by atoms with E-state index in [0.717, 1.165) is 11.1 Å². The van der Waals surface area contributed by atoms with Gasteiger partial charge in [0.1, 0.15) is 0 Å². The van der Waals surface area contributed by atoms with Gasteiger partial charge in [-0.1, -0.05) is 42.8 Å². The predicted molar refractivity (Wildman–Crippen MR) is 151 cm³/mol. The second-order valence-corrected chi connectivity index (χ2v) is 9.26. The van der Waals surface area contributed by atoms with Crippen molar-refractivity contribution in [3.63, 3.8) is 0 Å². The molecule has 0 spiro atoms. The third-order valence-corrected chi connectivity index (χ3v) is 6.28. The molecule has 3 amide bonds. The summed E-state index contributed by atoms with van der Waals surface area (Å²) in [5.41, 5.74) is 5.67. The zero-order valence-corrected chi connectivity index (χ0v) is 23.3. The number of hydrazone groups is 1. The predicted octanol–water partition coefficient (Wildman–Crippen LogP) is 5.09. The van der Waals surface area contributed by atoms with Gasteiger partial charge in [0, 0.05) is 16.4 Å².